The molecule has 0 aliphatic carbocycles. The largest absolute Gasteiger partial charge is 5.00 e. The molecule has 0 aromatic carbocycles. The van der Waals surface area contributed by atoms with Gasteiger partial charge in [-0.1, -0.05) is 0 Å². The van der Waals surface area contributed by atoms with Gasteiger partial charge in [-0.15, -0.1) is 0 Å². The Labute approximate surface area is 106 Å². The van der Waals surface area contributed by atoms with E-state index >= 15 is 0 Å². The third-order valence-electron chi connectivity index (χ3n) is 0.167. The Morgan fingerprint density at radius 1 is 0.600 bits per heavy atom. The summed E-state index contributed by atoms with van der Waals surface area (Å²) in [7, 11) is 0. The van der Waals surface area contributed by atoms with Crippen LogP contribution in [0.4, 0.5) is 0 Å². The zero-order valence-corrected chi connectivity index (χ0v) is 11.3. The molecule has 10 heavy (non-hydrogen) atoms. The summed E-state index contributed by atoms with van der Waals surface area (Å²) < 4.78 is 0. The van der Waals surface area contributed by atoms with Gasteiger partial charge in [-0.05, 0) is 0 Å². The van der Waals surface area contributed by atoms with E-state index in [4.69, 9.17) is 11.5 Å². The quantitative estimate of drug-likeness (QED) is 0.440. The Bertz CT molecular complexity index is 19.6. The van der Waals surface area contributed by atoms with Crippen LogP contribution >= 0.6 is 0 Å². The molecule has 0 aliphatic heterocycles. The zero-order chi connectivity index (χ0) is 3.41. The van der Waals surface area contributed by atoms with Gasteiger partial charge in [-0.2, -0.15) is 0 Å². The van der Waals surface area contributed by atoms with Crippen LogP contribution in [0.3, 0.4) is 0 Å². The molecule has 0 heterocycles. The van der Waals surface area contributed by atoms with Gasteiger partial charge in [0.25, 0.3) is 0 Å². The van der Waals surface area contributed by atoms with Crippen LogP contribution < -0.4 is 73.5 Å². The summed E-state index contributed by atoms with van der Waals surface area (Å²) in [6.07, 6.45) is 0. The number of rotatable bonds is 1. The molecule has 0 unspecified atom stereocenters. The molecule has 0 aromatic rings. The minimum Gasteiger partial charge on any atom is -1.00 e. The minimum absolute atomic E-state index is 0. The third kappa shape index (κ3) is 89.0. The van der Waals surface area contributed by atoms with Crippen molar-refractivity contribution in [1.29, 1.82) is 0 Å². The van der Waals surface area contributed by atoms with Crippen molar-refractivity contribution in [3.8, 4) is 0 Å². The SMILES string of the molecule is NCCN.[Cl-].[Cl-].[Cl-].[Cl-].[Cl-].[Re+5]. The van der Waals surface area contributed by atoms with Crippen molar-refractivity contribution in [1.82, 2.24) is 0 Å². The van der Waals surface area contributed by atoms with Crippen LogP contribution in [0.25, 0.3) is 0 Å². The summed E-state index contributed by atoms with van der Waals surface area (Å²) in [6, 6.07) is 0. The van der Waals surface area contributed by atoms with Gasteiger partial charge in [0, 0.05) is 13.1 Å². The second-order valence-electron chi connectivity index (χ2n) is 0.577. The zero-order valence-electron chi connectivity index (χ0n) is 4.84. The van der Waals surface area contributed by atoms with Gasteiger partial charge in [0.2, 0.25) is 0 Å². The van der Waals surface area contributed by atoms with Crippen molar-refractivity contribution in [2.75, 3.05) is 13.1 Å². The Morgan fingerprint density at radius 2 is 0.700 bits per heavy atom. The van der Waals surface area contributed by atoms with Gasteiger partial charge < -0.3 is 73.5 Å². The van der Waals surface area contributed by atoms with E-state index < -0.39 is 0 Å². The molecule has 0 saturated carbocycles. The molecular formula is C2H8Cl5N2Re. The van der Waals surface area contributed by atoms with Crippen molar-refractivity contribution in [2.24, 2.45) is 11.5 Å². The average molecular weight is 424 g/mol. The van der Waals surface area contributed by atoms with E-state index in [1.807, 2.05) is 0 Å². The van der Waals surface area contributed by atoms with Crippen LogP contribution in [0.2, 0.25) is 0 Å². The maximum Gasteiger partial charge on any atom is 5.00 e. The number of hydrogen-bond donors (Lipinski definition) is 2. The van der Waals surface area contributed by atoms with Crippen molar-refractivity contribution >= 4 is 0 Å². The van der Waals surface area contributed by atoms with E-state index in [-0.39, 0.29) is 82.5 Å². The minimum atomic E-state index is 0. The molecule has 0 saturated heterocycles. The average Bonchev–Trinajstić information content (AvgIpc) is 1.37. The molecule has 0 rings (SSSR count). The Hall–Kier alpha value is 2.03. The Morgan fingerprint density at radius 3 is 0.700 bits per heavy atom. The molecular weight excluding hydrogens is 416 g/mol. The van der Waals surface area contributed by atoms with Gasteiger partial charge in [0.05, 0.1) is 0 Å². The summed E-state index contributed by atoms with van der Waals surface area (Å²) in [5.41, 5.74) is 9.81. The van der Waals surface area contributed by atoms with Gasteiger partial charge >= 0.3 is 20.4 Å². The second kappa shape index (κ2) is 68.3. The maximum absolute atomic E-state index is 4.90. The molecule has 4 N–H and O–H groups in total. The van der Waals surface area contributed by atoms with Crippen LogP contribution in [-0.2, 0) is 20.4 Å². The summed E-state index contributed by atoms with van der Waals surface area (Å²) in [5, 5.41) is 0. The molecule has 0 atom stereocenters. The molecule has 2 nitrogen and oxygen atoms in total. The smallest absolute Gasteiger partial charge is 1.00 e. The van der Waals surface area contributed by atoms with Crippen LogP contribution in [0.1, 0.15) is 0 Å². The van der Waals surface area contributed by atoms with Crippen molar-refractivity contribution < 1.29 is 82.5 Å². The first-order chi connectivity index (χ1) is 1.91. The predicted octanol–water partition coefficient (Wildman–Crippen LogP) is -16.1. The molecule has 0 radical (unpaired) electrons. The van der Waals surface area contributed by atoms with Crippen LogP contribution in [0.15, 0.2) is 0 Å². The molecule has 8 heteroatoms. The first-order valence-electron chi connectivity index (χ1n) is 1.32. The first-order valence-corrected chi connectivity index (χ1v) is 1.32. The Kier molecular flexibility index (Phi) is 395. The van der Waals surface area contributed by atoms with E-state index in [9.17, 15) is 0 Å². The van der Waals surface area contributed by atoms with Crippen molar-refractivity contribution in [2.45, 2.75) is 0 Å². The summed E-state index contributed by atoms with van der Waals surface area (Å²) in [4.78, 5) is 0. The fourth-order valence-corrected chi connectivity index (χ4v) is 0. The van der Waals surface area contributed by atoms with Crippen molar-refractivity contribution in [3.63, 3.8) is 0 Å². The molecule has 0 spiro atoms. The molecule has 0 aliphatic rings. The standard InChI is InChI=1S/C2H8N2.5ClH.Re/c3-1-2-4;;;;;;/h1-4H2;5*1H;/q;;;;;;+5/p-5. The second-order valence-corrected chi connectivity index (χ2v) is 0.577. The summed E-state index contributed by atoms with van der Waals surface area (Å²) >= 11 is 0. The molecule has 0 aromatic heterocycles. The van der Waals surface area contributed by atoms with E-state index in [0.29, 0.717) is 13.1 Å². The molecule has 0 bridgehead atoms. The summed E-state index contributed by atoms with van der Waals surface area (Å²) in [5.74, 6) is 0. The third-order valence-corrected chi connectivity index (χ3v) is 0.167. The number of nitrogens with two attached hydrogens (primary N) is 2. The molecule has 0 amide bonds. The van der Waals surface area contributed by atoms with Gasteiger partial charge in [-0.25, -0.2) is 0 Å². The van der Waals surface area contributed by atoms with Crippen LogP contribution in [0, 0.1) is 0 Å². The fraction of sp³-hybridized carbons (Fsp3) is 1.00. The first kappa shape index (κ1) is 57.8. The maximum atomic E-state index is 4.90. The summed E-state index contributed by atoms with van der Waals surface area (Å²) in [6.45, 7) is 1.19. The van der Waals surface area contributed by atoms with Crippen LogP contribution in [0.5, 0.6) is 0 Å². The van der Waals surface area contributed by atoms with E-state index in [1.54, 1.807) is 0 Å². The number of halogens is 5. The van der Waals surface area contributed by atoms with E-state index in [2.05, 4.69) is 0 Å². The Balaban J connectivity index is -0.00000000300. The van der Waals surface area contributed by atoms with Gasteiger partial charge in [-0.3, -0.25) is 0 Å². The topological polar surface area (TPSA) is 52.0 Å². The monoisotopic (exact) mass is 422 g/mol. The molecule has 68 valence electrons. The van der Waals surface area contributed by atoms with E-state index in [1.165, 1.54) is 0 Å². The van der Waals surface area contributed by atoms with Gasteiger partial charge in [0.1, 0.15) is 0 Å². The van der Waals surface area contributed by atoms with Gasteiger partial charge in [0.15, 0.2) is 0 Å². The normalized spacial score (nSPS) is 3.00. The predicted molar refractivity (Wildman–Crippen MR) is 18.1 cm³/mol. The number of hydrogen-bond acceptors (Lipinski definition) is 2. The van der Waals surface area contributed by atoms with Crippen molar-refractivity contribution in [3.05, 3.63) is 0 Å². The fourth-order valence-electron chi connectivity index (χ4n) is 0. The van der Waals surface area contributed by atoms with E-state index in [0.717, 1.165) is 0 Å². The molecule has 0 fully saturated rings. The van der Waals surface area contributed by atoms with Crippen LogP contribution in [-0.4, -0.2) is 13.1 Å².